The molecular weight excluding hydrogens is 274 g/mol. The first kappa shape index (κ1) is 14.7. The maximum absolute atomic E-state index is 3.71. The van der Waals surface area contributed by atoms with E-state index in [9.17, 15) is 0 Å². The third-order valence-corrected chi connectivity index (χ3v) is 5.59. The summed E-state index contributed by atoms with van der Waals surface area (Å²) in [4.78, 5) is 1.37. The highest BCUT2D eigenvalue weighted by atomic mass is 32.2. The zero-order chi connectivity index (χ0) is 14.7. The van der Waals surface area contributed by atoms with Crippen molar-refractivity contribution < 1.29 is 0 Å². The van der Waals surface area contributed by atoms with Crippen molar-refractivity contribution in [2.24, 2.45) is 0 Å². The molecule has 1 nitrogen and oxygen atoms in total. The lowest BCUT2D eigenvalue weighted by atomic mass is 9.80. The molecule has 3 unspecified atom stereocenters. The fourth-order valence-corrected chi connectivity index (χ4v) is 4.73. The third kappa shape index (κ3) is 3.17. The van der Waals surface area contributed by atoms with Crippen LogP contribution in [-0.4, -0.2) is 11.8 Å². The molecule has 0 spiro atoms. The first-order valence-electron chi connectivity index (χ1n) is 7.83. The summed E-state index contributed by atoms with van der Waals surface area (Å²) in [6, 6.07) is 20.2. The Bertz CT molecular complexity index is 581. The van der Waals surface area contributed by atoms with Crippen molar-refractivity contribution in [3.05, 3.63) is 65.7 Å². The molecule has 0 amide bonds. The quantitative estimate of drug-likeness (QED) is 0.851. The Morgan fingerprint density at radius 3 is 2.38 bits per heavy atom. The number of fused-ring (bicyclic) bond motifs is 1. The van der Waals surface area contributed by atoms with E-state index in [2.05, 4.69) is 73.8 Å². The number of benzene rings is 2. The molecule has 1 aliphatic rings. The predicted octanol–water partition coefficient (Wildman–Crippen LogP) is 5.01. The summed E-state index contributed by atoms with van der Waals surface area (Å²) in [6.45, 7) is 5.57. The molecule has 0 aliphatic heterocycles. The minimum Gasteiger partial charge on any atom is -0.309 e. The van der Waals surface area contributed by atoms with Gasteiger partial charge in [0, 0.05) is 16.2 Å². The molecule has 2 aromatic carbocycles. The van der Waals surface area contributed by atoms with E-state index in [-0.39, 0.29) is 0 Å². The smallest absolute Gasteiger partial charge is 0.0447 e. The molecule has 0 aromatic heterocycles. The summed E-state index contributed by atoms with van der Waals surface area (Å²) < 4.78 is 0. The summed E-state index contributed by atoms with van der Waals surface area (Å²) in [5.41, 5.74) is 3.01. The number of nitrogens with one attached hydrogen (secondary N) is 1. The van der Waals surface area contributed by atoms with E-state index < -0.39 is 0 Å². The van der Waals surface area contributed by atoms with Crippen molar-refractivity contribution in [3.8, 4) is 0 Å². The SMILES string of the molecule is CCNC1c2ccccc2C(C)CC1Sc1ccccc1. The minimum absolute atomic E-state index is 0.451. The second-order valence-electron chi connectivity index (χ2n) is 5.77. The summed E-state index contributed by atoms with van der Waals surface area (Å²) in [7, 11) is 0. The van der Waals surface area contributed by atoms with Crippen LogP contribution in [0.4, 0.5) is 0 Å². The average molecular weight is 297 g/mol. The third-order valence-electron chi connectivity index (χ3n) is 4.27. The zero-order valence-corrected chi connectivity index (χ0v) is 13.6. The van der Waals surface area contributed by atoms with E-state index in [1.54, 1.807) is 0 Å². The van der Waals surface area contributed by atoms with Gasteiger partial charge in [-0.25, -0.2) is 0 Å². The van der Waals surface area contributed by atoms with Gasteiger partial charge in [-0.1, -0.05) is 56.3 Å². The van der Waals surface area contributed by atoms with E-state index in [0.717, 1.165) is 6.54 Å². The molecule has 1 aliphatic carbocycles. The molecule has 110 valence electrons. The van der Waals surface area contributed by atoms with Crippen molar-refractivity contribution in [2.75, 3.05) is 6.54 Å². The van der Waals surface area contributed by atoms with Crippen LogP contribution in [0.2, 0.25) is 0 Å². The molecule has 2 aromatic rings. The standard InChI is InChI=1S/C19H23NS/c1-3-20-19-17-12-8-7-11-16(17)14(2)13-18(19)21-15-9-5-4-6-10-15/h4-12,14,18-20H,3,13H2,1-2H3. The van der Waals surface area contributed by atoms with Crippen molar-refractivity contribution in [3.63, 3.8) is 0 Å². The topological polar surface area (TPSA) is 12.0 Å². The molecule has 0 heterocycles. The maximum Gasteiger partial charge on any atom is 0.0447 e. The predicted molar refractivity (Wildman–Crippen MR) is 92.0 cm³/mol. The van der Waals surface area contributed by atoms with Gasteiger partial charge in [-0.3, -0.25) is 0 Å². The maximum atomic E-state index is 3.71. The zero-order valence-electron chi connectivity index (χ0n) is 12.8. The number of thioether (sulfide) groups is 1. The van der Waals surface area contributed by atoms with Gasteiger partial charge in [0.05, 0.1) is 0 Å². The Labute approximate surface area is 132 Å². The molecule has 21 heavy (non-hydrogen) atoms. The molecular formula is C19H23NS. The summed E-state index contributed by atoms with van der Waals surface area (Å²) >= 11 is 2.02. The van der Waals surface area contributed by atoms with Crippen LogP contribution in [0.5, 0.6) is 0 Å². The number of hydrogen-bond donors (Lipinski definition) is 1. The molecule has 0 saturated heterocycles. The van der Waals surface area contributed by atoms with Crippen LogP contribution < -0.4 is 5.32 Å². The van der Waals surface area contributed by atoms with E-state index >= 15 is 0 Å². The Hall–Kier alpha value is -1.25. The summed E-state index contributed by atoms with van der Waals surface area (Å²) in [5, 5.41) is 4.31. The van der Waals surface area contributed by atoms with Gasteiger partial charge in [0.1, 0.15) is 0 Å². The van der Waals surface area contributed by atoms with Crippen molar-refractivity contribution in [2.45, 2.75) is 42.4 Å². The van der Waals surface area contributed by atoms with Crippen molar-refractivity contribution in [1.82, 2.24) is 5.32 Å². The first-order chi connectivity index (χ1) is 10.3. The van der Waals surface area contributed by atoms with Gasteiger partial charge in [0.15, 0.2) is 0 Å². The first-order valence-corrected chi connectivity index (χ1v) is 8.71. The van der Waals surface area contributed by atoms with Crippen LogP contribution in [0.25, 0.3) is 0 Å². The lowest BCUT2D eigenvalue weighted by Gasteiger charge is -2.37. The monoisotopic (exact) mass is 297 g/mol. The largest absolute Gasteiger partial charge is 0.309 e. The van der Waals surface area contributed by atoms with Crippen LogP contribution in [-0.2, 0) is 0 Å². The van der Waals surface area contributed by atoms with Crippen LogP contribution in [0.15, 0.2) is 59.5 Å². The highest BCUT2D eigenvalue weighted by molar-refractivity contribution is 8.00. The molecule has 1 N–H and O–H groups in total. The number of hydrogen-bond acceptors (Lipinski definition) is 2. The second-order valence-corrected chi connectivity index (χ2v) is 7.08. The fourth-order valence-electron chi connectivity index (χ4n) is 3.31. The Morgan fingerprint density at radius 2 is 1.67 bits per heavy atom. The molecule has 3 atom stereocenters. The number of rotatable bonds is 4. The van der Waals surface area contributed by atoms with Gasteiger partial charge in [0.2, 0.25) is 0 Å². The van der Waals surface area contributed by atoms with Gasteiger partial charge in [-0.05, 0) is 42.1 Å². The van der Waals surface area contributed by atoms with Crippen molar-refractivity contribution >= 4 is 11.8 Å². The van der Waals surface area contributed by atoms with Crippen LogP contribution in [0.3, 0.4) is 0 Å². The van der Waals surface area contributed by atoms with E-state index in [0.29, 0.717) is 17.2 Å². The second kappa shape index (κ2) is 6.67. The molecule has 0 fully saturated rings. The molecule has 3 rings (SSSR count). The summed E-state index contributed by atoms with van der Waals surface area (Å²) in [6.07, 6.45) is 1.23. The van der Waals surface area contributed by atoms with Gasteiger partial charge >= 0.3 is 0 Å². The molecule has 0 bridgehead atoms. The summed E-state index contributed by atoms with van der Waals surface area (Å²) in [5.74, 6) is 0.636. The Balaban J connectivity index is 1.90. The highest BCUT2D eigenvalue weighted by Crippen LogP contribution is 2.44. The molecule has 0 radical (unpaired) electrons. The van der Waals surface area contributed by atoms with Crippen molar-refractivity contribution in [1.29, 1.82) is 0 Å². The van der Waals surface area contributed by atoms with Gasteiger partial charge < -0.3 is 5.32 Å². The van der Waals surface area contributed by atoms with E-state index in [4.69, 9.17) is 0 Å². The van der Waals surface area contributed by atoms with E-state index in [1.165, 1.54) is 22.4 Å². The van der Waals surface area contributed by atoms with Gasteiger partial charge in [-0.15, -0.1) is 11.8 Å². The lowest BCUT2D eigenvalue weighted by Crippen LogP contribution is -2.35. The van der Waals surface area contributed by atoms with E-state index in [1.807, 2.05) is 11.8 Å². The minimum atomic E-state index is 0.451. The van der Waals surface area contributed by atoms with Gasteiger partial charge in [0.25, 0.3) is 0 Å². The van der Waals surface area contributed by atoms with Crippen LogP contribution >= 0.6 is 11.8 Å². The van der Waals surface area contributed by atoms with Gasteiger partial charge in [-0.2, -0.15) is 0 Å². The fraction of sp³-hybridized carbons (Fsp3) is 0.368. The Kier molecular flexibility index (Phi) is 4.67. The van der Waals surface area contributed by atoms with Crippen LogP contribution in [0, 0.1) is 0 Å². The molecule has 2 heteroatoms. The normalized spacial score (nSPS) is 24.6. The lowest BCUT2D eigenvalue weighted by molar-refractivity contribution is 0.453. The molecule has 0 saturated carbocycles. The highest BCUT2D eigenvalue weighted by Gasteiger charge is 2.32. The average Bonchev–Trinajstić information content (AvgIpc) is 2.52. The van der Waals surface area contributed by atoms with Crippen LogP contribution in [0.1, 0.15) is 43.4 Å². The Morgan fingerprint density at radius 1 is 1.00 bits per heavy atom.